The summed E-state index contributed by atoms with van der Waals surface area (Å²) in [6.45, 7) is 22.1. The zero-order valence-electron chi connectivity index (χ0n) is 63.5. The van der Waals surface area contributed by atoms with Gasteiger partial charge in [-0.25, -0.2) is 0 Å². The minimum atomic E-state index is -0.536. The molecule has 0 amide bonds. The molecular formula is C108H88N2. The van der Waals surface area contributed by atoms with E-state index < -0.39 is 10.8 Å². The second-order valence-electron chi connectivity index (χ2n) is 32.1. The molecule has 0 bridgehead atoms. The lowest BCUT2D eigenvalue weighted by molar-refractivity contribution is 0.586. The van der Waals surface area contributed by atoms with Crippen molar-refractivity contribution in [3.63, 3.8) is 0 Å². The van der Waals surface area contributed by atoms with Crippen molar-refractivity contribution in [2.45, 2.75) is 76.0 Å². The summed E-state index contributed by atoms with van der Waals surface area (Å²) in [4.78, 5) is 5.03. The summed E-state index contributed by atoms with van der Waals surface area (Å²) in [5.41, 5.74) is 32.6. The van der Waals surface area contributed by atoms with Crippen molar-refractivity contribution in [3.8, 4) is 55.6 Å². The number of benzene rings is 16. The molecule has 2 heteroatoms. The van der Waals surface area contributed by atoms with Crippen molar-refractivity contribution >= 4 is 67.8 Å². The topological polar surface area (TPSA) is 6.48 Å². The first-order valence-corrected chi connectivity index (χ1v) is 38.8. The fourth-order valence-electron chi connectivity index (χ4n) is 18.0. The number of anilines is 6. The number of fused-ring (bicyclic) bond motifs is 8. The first-order chi connectivity index (χ1) is 53.7. The lowest BCUT2D eigenvalue weighted by atomic mass is 9.68. The molecule has 16 aromatic rings. The van der Waals surface area contributed by atoms with Gasteiger partial charge in [0.05, 0.1) is 22.2 Å². The predicted octanol–water partition coefficient (Wildman–Crippen LogP) is 28.9. The van der Waals surface area contributed by atoms with E-state index in [9.17, 15) is 0 Å². The van der Waals surface area contributed by atoms with E-state index >= 15 is 0 Å². The third-order valence-corrected chi connectivity index (χ3v) is 23.7. The van der Waals surface area contributed by atoms with E-state index in [0.717, 1.165) is 90.8 Å². The van der Waals surface area contributed by atoms with E-state index in [2.05, 4.69) is 428 Å². The second kappa shape index (κ2) is 27.7. The van der Waals surface area contributed by atoms with Gasteiger partial charge in [0.1, 0.15) is 0 Å². The Morgan fingerprint density at radius 3 is 0.936 bits per heavy atom. The standard InChI is InChI=1S/C108H88N2/c1-9-73-37-41-75(42-38-73)71-107(83-53-49-81(50-54-83)105(3,4)5)99-35-23-21-31-93(99)95-63-61-87(69-101(95)107)109(85-57-45-79(46-58-85)77-25-13-11-14-26-77)103-67-65-91(89-29-17-19-33-97(89)103)92-66-68-104(98-34-20-18-30-90(92)98)110(86-59-47-80(48-60-86)78-27-15-12-16-28-78)88-62-64-96-94-32-22-24-36-100(94)108(102(96)70-88,72-76-43-39-74(10-2)40-44-76)84-55-51-82(52-56-84)106(6,7)8/h9-70H,1-2,71-72H2,3-8H3. The number of rotatable bonds is 17. The van der Waals surface area contributed by atoms with Gasteiger partial charge < -0.3 is 9.80 Å². The second-order valence-corrected chi connectivity index (χ2v) is 32.1. The van der Waals surface area contributed by atoms with Crippen LogP contribution in [0.2, 0.25) is 0 Å². The summed E-state index contributed by atoms with van der Waals surface area (Å²) in [5, 5.41) is 4.62. The Balaban J connectivity index is 0.815. The molecule has 530 valence electrons. The zero-order valence-corrected chi connectivity index (χ0v) is 63.5. The predicted molar refractivity (Wildman–Crippen MR) is 469 cm³/mol. The van der Waals surface area contributed by atoms with Crippen LogP contribution in [0.15, 0.2) is 377 Å². The van der Waals surface area contributed by atoms with E-state index in [1.54, 1.807) is 0 Å². The maximum atomic E-state index is 4.13. The monoisotopic (exact) mass is 1410 g/mol. The van der Waals surface area contributed by atoms with Gasteiger partial charge in [-0.05, 0) is 218 Å². The highest BCUT2D eigenvalue weighted by Crippen LogP contribution is 2.59. The summed E-state index contributed by atoms with van der Waals surface area (Å²) in [5.74, 6) is 0. The third-order valence-electron chi connectivity index (χ3n) is 23.7. The van der Waals surface area contributed by atoms with Crippen LogP contribution >= 0.6 is 0 Å². The third kappa shape index (κ3) is 12.0. The number of hydrogen-bond donors (Lipinski definition) is 0. The van der Waals surface area contributed by atoms with Crippen molar-refractivity contribution in [1.29, 1.82) is 0 Å². The Kier molecular flexibility index (Phi) is 17.4. The summed E-state index contributed by atoms with van der Waals surface area (Å²) in [6.07, 6.45) is 5.41. The molecule has 0 spiro atoms. The van der Waals surface area contributed by atoms with Crippen LogP contribution in [0.3, 0.4) is 0 Å². The summed E-state index contributed by atoms with van der Waals surface area (Å²) in [6, 6.07) is 138. The SMILES string of the molecule is C=Cc1ccc(CC2(c3ccc(C(C)(C)C)cc3)c3ccccc3-c3ccc(N(c4ccc(-c5ccccc5)cc4)c4ccc(-c5ccc(N(c6ccc(-c7ccccc7)cc6)c6ccc7c(c6)C(Cc6ccc(C=C)cc6)(c6ccc(C(C)(C)C)cc6)c6ccccc6-7)c6ccccc56)c5ccccc45)cc32)cc1. The lowest BCUT2D eigenvalue weighted by Crippen LogP contribution is -2.30. The average molecular weight is 1410 g/mol. The van der Waals surface area contributed by atoms with Crippen LogP contribution in [-0.2, 0) is 34.5 Å². The van der Waals surface area contributed by atoms with Crippen molar-refractivity contribution in [2.24, 2.45) is 0 Å². The van der Waals surface area contributed by atoms with Crippen molar-refractivity contribution < 1.29 is 0 Å². The van der Waals surface area contributed by atoms with Gasteiger partial charge in [0.2, 0.25) is 0 Å². The first kappa shape index (κ1) is 68.9. The van der Waals surface area contributed by atoms with E-state index in [-0.39, 0.29) is 10.8 Å². The Bertz CT molecular complexity index is 5770. The quantitative estimate of drug-likeness (QED) is 0.0896. The van der Waals surface area contributed by atoms with Crippen LogP contribution in [0.1, 0.15) is 108 Å². The molecule has 0 N–H and O–H groups in total. The Labute approximate surface area is 649 Å². The average Bonchev–Trinajstić information content (AvgIpc) is 1.53. The molecule has 2 aliphatic carbocycles. The van der Waals surface area contributed by atoms with Gasteiger partial charge in [0, 0.05) is 33.5 Å². The Morgan fingerprint density at radius 1 is 0.264 bits per heavy atom. The molecule has 2 nitrogen and oxygen atoms in total. The maximum Gasteiger partial charge on any atom is 0.0540 e. The van der Waals surface area contributed by atoms with Gasteiger partial charge in [-0.15, -0.1) is 0 Å². The van der Waals surface area contributed by atoms with Crippen LogP contribution in [-0.4, -0.2) is 0 Å². The molecule has 16 aromatic carbocycles. The summed E-state index contributed by atoms with van der Waals surface area (Å²) >= 11 is 0. The molecular weight excluding hydrogens is 1330 g/mol. The highest BCUT2D eigenvalue weighted by Gasteiger charge is 2.47. The van der Waals surface area contributed by atoms with Crippen molar-refractivity contribution in [3.05, 3.63) is 444 Å². The summed E-state index contributed by atoms with van der Waals surface area (Å²) in [7, 11) is 0. The van der Waals surface area contributed by atoms with Crippen LogP contribution in [0.4, 0.5) is 34.1 Å². The molecule has 110 heavy (non-hydrogen) atoms. The number of hydrogen-bond acceptors (Lipinski definition) is 2. The largest absolute Gasteiger partial charge is 0.310 e. The summed E-state index contributed by atoms with van der Waals surface area (Å²) < 4.78 is 0. The van der Waals surface area contributed by atoms with E-state index in [1.165, 1.54) is 100 Å². The van der Waals surface area contributed by atoms with Crippen LogP contribution in [0.25, 0.3) is 89.3 Å². The van der Waals surface area contributed by atoms with Gasteiger partial charge in [-0.1, -0.05) is 370 Å². The molecule has 0 radical (unpaired) electrons. The van der Waals surface area contributed by atoms with E-state index in [4.69, 9.17) is 0 Å². The van der Waals surface area contributed by atoms with Gasteiger partial charge in [-0.3, -0.25) is 0 Å². The first-order valence-electron chi connectivity index (χ1n) is 38.8. The molecule has 18 rings (SSSR count). The molecule has 0 fully saturated rings. The van der Waals surface area contributed by atoms with E-state index in [0.29, 0.717) is 0 Å². The lowest BCUT2D eigenvalue weighted by Gasteiger charge is -2.35. The fourth-order valence-corrected chi connectivity index (χ4v) is 18.0. The molecule has 0 saturated carbocycles. The number of nitrogens with zero attached hydrogens (tertiary/aromatic N) is 2. The molecule has 0 aromatic heterocycles. The molecule has 2 atom stereocenters. The maximum absolute atomic E-state index is 4.13. The molecule has 0 aliphatic heterocycles. The van der Waals surface area contributed by atoms with Crippen molar-refractivity contribution in [1.82, 2.24) is 0 Å². The highest BCUT2D eigenvalue weighted by atomic mass is 15.2. The Morgan fingerprint density at radius 2 is 0.573 bits per heavy atom. The van der Waals surface area contributed by atoms with Crippen LogP contribution in [0, 0.1) is 0 Å². The molecule has 2 aliphatic rings. The Hall–Kier alpha value is -12.9. The highest BCUT2D eigenvalue weighted by molar-refractivity contribution is 6.13. The molecule has 0 heterocycles. The molecule has 0 saturated heterocycles. The van der Waals surface area contributed by atoms with Crippen LogP contribution in [0.5, 0.6) is 0 Å². The van der Waals surface area contributed by atoms with Gasteiger partial charge in [0.15, 0.2) is 0 Å². The normalized spacial score (nSPS) is 14.9. The van der Waals surface area contributed by atoms with Crippen LogP contribution < -0.4 is 9.80 Å². The van der Waals surface area contributed by atoms with Crippen molar-refractivity contribution in [2.75, 3.05) is 9.80 Å². The molecule has 2 unspecified atom stereocenters. The fraction of sp³-hybridized carbons (Fsp3) is 0.111. The zero-order chi connectivity index (χ0) is 74.9. The minimum Gasteiger partial charge on any atom is -0.310 e. The smallest absolute Gasteiger partial charge is 0.0540 e. The van der Waals surface area contributed by atoms with Gasteiger partial charge in [0.25, 0.3) is 0 Å². The van der Waals surface area contributed by atoms with E-state index in [1.807, 2.05) is 12.2 Å². The van der Waals surface area contributed by atoms with Gasteiger partial charge >= 0.3 is 0 Å². The minimum absolute atomic E-state index is 0.0117. The van der Waals surface area contributed by atoms with Gasteiger partial charge in [-0.2, -0.15) is 0 Å².